The van der Waals surface area contributed by atoms with E-state index < -0.39 is 5.97 Å². The van der Waals surface area contributed by atoms with Crippen LogP contribution in [0.15, 0.2) is 23.6 Å². The Morgan fingerprint density at radius 3 is 2.65 bits per heavy atom. The first kappa shape index (κ1) is 12.9. The van der Waals surface area contributed by atoms with E-state index in [9.17, 15) is 9.90 Å². The maximum atomic E-state index is 11.4. The molecule has 0 aliphatic rings. The van der Waals surface area contributed by atoms with Gasteiger partial charge in [0.15, 0.2) is 10.7 Å². The number of thiazole rings is 1. The van der Waals surface area contributed by atoms with Crippen LogP contribution in [0.2, 0.25) is 0 Å². The Morgan fingerprint density at radius 1 is 1.25 bits per heavy atom. The maximum Gasteiger partial charge on any atom is 0.354 e. The van der Waals surface area contributed by atoms with E-state index >= 15 is 0 Å². The number of benzene rings is 1. The molecule has 2 aromatic heterocycles. The van der Waals surface area contributed by atoms with Gasteiger partial charge >= 0.3 is 5.97 Å². The van der Waals surface area contributed by atoms with E-state index in [1.54, 1.807) is 11.3 Å². The first-order valence-electron chi connectivity index (χ1n) is 6.26. The van der Waals surface area contributed by atoms with Crippen molar-refractivity contribution in [1.29, 1.82) is 0 Å². The van der Waals surface area contributed by atoms with Crippen molar-refractivity contribution in [3.05, 3.63) is 46.1 Å². The van der Waals surface area contributed by atoms with E-state index in [0.717, 1.165) is 11.3 Å². The molecule has 3 aromatic rings. The molecule has 1 aromatic carbocycles. The molecule has 20 heavy (non-hydrogen) atoms. The second-order valence-corrected chi connectivity index (χ2v) is 5.73. The summed E-state index contributed by atoms with van der Waals surface area (Å²) in [5.41, 5.74) is 5.10. The minimum Gasteiger partial charge on any atom is -0.477 e. The van der Waals surface area contributed by atoms with Gasteiger partial charge in [0.05, 0.1) is 11.4 Å². The number of aromatic carboxylic acids is 1. The Balaban J connectivity index is 2.31. The molecule has 4 nitrogen and oxygen atoms in total. The van der Waals surface area contributed by atoms with Crippen molar-refractivity contribution in [2.45, 2.75) is 20.8 Å². The summed E-state index contributed by atoms with van der Waals surface area (Å²) in [7, 11) is 0. The zero-order valence-corrected chi connectivity index (χ0v) is 12.3. The number of hydrogen-bond acceptors (Lipinski definition) is 3. The minimum atomic E-state index is -0.946. The monoisotopic (exact) mass is 286 g/mol. The van der Waals surface area contributed by atoms with Crippen LogP contribution < -0.4 is 0 Å². The number of aromatic nitrogens is 2. The van der Waals surface area contributed by atoms with Gasteiger partial charge in [0.2, 0.25) is 0 Å². The molecular weight excluding hydrogens is 272 g/mol. The summed E-state index contributed by atoms with van der Waals surface area (Å²) in [5, 5.41) is 11.3. The number of fused-ring (bicyclic) bond motifs is 1. The summed E-state index contributed by atoms with van der Waals surface area (Å²) in [5.74, 6) is -0.946. The lowest BCUT2D eigenvalue weighted by Gasteiger charge is -2.05. The van der Waals surface area contributed by atoms with E-state index in [2.05, 4.69) is 31.0 Å². The molecule has 5 heteroatoms. The molecule has 0 spiro atoms. The smallest absolute Gasteiger partial charge is 0.354 e. The van der Waals surface area contributed by atoms with E-state index in [4.69, 9.17) is 0 Å². The summed E-state index contributed by atoms with van der Waals surface area (Å²) < 4.78 is 1.73. The summed E-state index contributed by atoms with van der Waals surface area (Å²) in [6, 6.07) is 6.15. The second-order valence-electron chi connectivity index (χ2n) is 4.89. The summed E-state index contributed by atoms with van der Waals surface area (Å²) >= 11 is 1.46. The molecule has 1 N–H and O–H groups in total. The van der Waals surface area contributed by atoms with Crippen molar-refractivity contribution < 1.29 is 9.90 Å². The molecule has 3 rings (SSSR count). The normalized spacial score (nSPS) is 11.2. The lowest BCUT2D eigenvalue weighted by atomic mass is 10.0. The number of carbonyl (C=O) groups is 1. The van der Waals surface area contributed by atoms with Crippen molar-refractivity contribution in [3.63, 3.8) is 0 Å². The third-order valence-electron chi connectivity index (χ3n) is 3.54. The summed E-state index contributed by atoms with van der Waals surface area (Å²) in [6.07, 6.45) is 0. The molecule has 0 saturated heterocycles. The van der Waals surface area contributed by atoms with Crippen LogP contribution >= 0.6 is 11.3 Å². The largest absolute Gasteiger partial charge is 0.477 e. The van der Waals surface area contributed by atoms with Crippen LogP contribution in [0.5, 0.6) is 0 Å². The standard InChI is InChI=1S/C15H14N2O2S/c1-8-4-5-11(6-9(8)2)12-7-20-15-16-10(3)13(14(18)19)17(12)15/h4-7H,1-3H3,(H,18,19). The quantitative estimate of drug-likeness (QED) is 0.781. The Hall–Kier alpha value is -2.14. The predicted octanol–water partition coefficient (Wildman–Crippen LogP) is 3.69. The van der Waals surface area contributed by atoms with Crippen LogP contribution in [-0.2, 0) is 0 Å². The number of imidazole rings is 1. The zero-order chi connectivity index (χ0) is 14.4. The average Bonchev–Trinajstić information content (AvgIpc) is 2.90. The Morgan fingerprint density at radius 2 is 2.00 bits per heavy atom. The molecule has 0 amide bonds. The fourth-order valence-corrected chi connectivity index (χ4v) is 3.26. The number of rotatable bonds is 2. The Kier molecular flexibility index (Phi) is 2.87. The Labute approximate surface area is 120 Å². The molecule has 2 heterocycles. The molecule has 102 valence electrons. The van der Waals surface area contributed by atoms with Crippen molar-refractivity contribution in [2.75, 3.05) is 0 Å². The SMILES string of the molecule is Cc1ccc(-c2csc3nc(C)c(C(=O)O)n23)cc1C. The Bertz CT molecular complexity index is 830. The first-order chi connectivity index (χ1) is 9.49. The van der Waals surface area contributed by atoms with Gasteiger partial charge in [-0.05, 0) is 43.5 Å². The van der Waals surface area contributed by atoms with Crippen molar-refractivity contribution in [3.8, 4) is 11.3 Å². The maximum absolute atomic E-state index is 11.4. The second kappa shape index (κ2) is 4.45. The van der Waals surface area contributed by atoms with E-state index in [0.29, 0.717) is 10.7 Å². The highest BCUT2D eigenvalue weighted by Gasteiger charge is 2.20. The summed E-state index contributed by atoms with van der Waals surface area (Å²) in [6.45, 7) is 5.85. The molecule has 0 unspecified atom stereocenters. The van der Waals surface area contributed by atoms with Gasteiger partial charge in [-0.2, -0.15) is 0 Å². The highest BCUT2D eigenvalue weighted by molar-refractivity contribution is 7.15. The molecule has 0 bridgehead atoms. The van der Waals surface area contributed by atoms with Crippen molar-refractivity contribution >= 4 is 22.3 Å². The number of aryl methyl sites for hydroxylation is 3. The lowest BCUT2D eigenvalue weighted by Crippen LogP contribution is -2.04. The van der Waals surface area contributed by atoms with Crippen LogP contribution in [0.4, 0.5) is 0 Å². The molecule has 0 atom stereocenters. The number of hydrogen-bond donors (Lipinski definition) is 1. The van der Waals surface area contributed by atoms with E-state index in [-0.39, 0.29) is 5.69 Å². The lowest BCUT2D eigenvalue weighted by molar-refractivity contribution is 0.0688. The molecule has 0 aliphatic carbocycles. The van der Waals surface area contributed by atoms with Crippen LogP contribution in [-0.4, -0.2) is 20.5 Å². The number of carboxylic acids is 1. The zero-order valence-electron chi connectivity index (χ0n) is 11.5. The van der Waals surface area contributed by atoms with Crippen LogP contribution in [0.3, 0.4) is 0 Å². The number of nitrogens with zero attached hydrogens (tertiary/aromatic N) is 2. The van der Waals surface area contributed by atoms with E-state index in [1.165, 1.54) is 22.5 Å². The highest BCUT2D eigenvalue weighted by Crippen LogP contribution is 2.29. The molecule has 0 saturated carbocycles. The minimum absolute atomic E-state index is 0.245. The molecular formula is C15H14N2O2S. The molecule has 0 radical (unpaired) electrons. The number of carboxylic acid groups (broad SMARTS) is 1. The first-order valence-corrected chi connectivity index (χ1v) is 7.14. The van der Waals surface area contributed by atoms with Gasteiger partial charge in [0.25, 0.3) is 0 Å². The van der Waals surface area contributed by atoms with Crippen LogP contribution in [0.1, 0.15) is 27.3 Å². The molecule has 0 fully saturated rings. The third-order valence-corrected chi connectivity index (χ3v) is 4.37. The fraction of sp³-hybridized carbons (Fsp3) is 0.200. The van der Waals surface area contributed by atoms with Gasteiger partial charge in [0, 0.05) is 5.38 Å². The van der Waals surface area contributed by atoms with Gasteiger partial charge in [-0.3, -0.25) is 4.40 Å². The molecule has 0 aliphatic heterocycles. The average molecular weight is 286 g/mol. The third kappa shape index (κ3) is 1.82. The van der Waals surface area contributed by atoms with E-state index in [1.807, 2.05) is 11.4 Å². The van der Waals surface area contributed by atoms with Crippen molar-refractivity contribution in [1.82, 2.24) is 9.38 Å². The van der Waals surface area contributed by atoms with Gasteiger partial charge in [-0.15, -0.1) is 11.3 Å². The van der Waals surface area contributed by atoms with Crippen LogP contribution in [0.25, 0.3) is 16.2 Å². The predicted molar refractivity (Wildman–Crippen MR) is 79.7 cm³/mol. The fourth-order valence-electron chi connectivity index (χ4n) is 2.32. The van der Waals surface area contributed by atoms with Crippen molar-refractivity contribution in [2.24, 2.45) is 0 Å². The highest BCUT2D eigenvalue weighted by atomic mass is 32.1. The summed E-state index contributed by atoms with van der Waals surface area (Å²) in [4.78, 5) is 16.5. The topological polar surface area (TPSA) is 54.6 Å². The van der Waals surface area contributed by atoms with Crippen LogP contribution in [0, 0.1) is 20.8 Å². The van der Waals surface area contributed by atoms with Gasteiger partial charge < -0.3 is 5.11 Å². The van der Waals surface area contributed by atoms with Gasteiger partial charge in [0.1, 0.15) is 0 Å². The van der Waals surface area contributed by atoms with Gasteiger partial charge in [-0.25, -0.2) is 9.78 Å². The van der Waals surface area contributed by atoms with Gasteiger partial charge in [-0.1, -0.05) is 12.1 Å².